The summed E-state index contributed by atoms with van der Waals surface area (Å²) in [6.45, 7) is 7.88. The molecule has 3 nitrogen and oxygen atoms in total. The summed E-state index contributed by atoms with van der Waals surface area (Å²) in [5, 5.41) is 9.91. The number of phenols is 1. The average molecular weight is 318 g/mol. The molecule has 0 heterocycles. The van der Waals surface area contributed by atoms with Crippen LogP contribution in [-0.4, -0.2) is 16.9 Å². The molecule has 0 fully saturated rings. The summed E-state index contributed by atoms with van der Waals surface area (Å²) >= 11 is 6.16. The number of aryl methyl sites for hydroxylation is 1. The minimum Gasteiger partial charge on any atom is -0.508 e. The van der Waals surface area contributed by atoms with Gasteiger partial charge in [0.25, 0.3) is 0 Å². The van der Waals surface area contributed by atoms with Gasteiger partial charge in [0.1, 0.15) is 11.5 Å². The second kappa shape index (κ2) is 6.84. The number of hydrogen-bond donors (Lipinski definition) is 1. The van der Waals surface area contributed by atoms with Gasteiger partial charge in [-0.15, -0.1) is 0 Å². The Balaban J connectivity index is 2.38. The SMILES string of the molecule is CC(=Nc1cc(OC(C)C)ccc1C)c1ccc(O)cc1Cl. The Kier molecular flexibility index (Phi) is 5.09. The summed E-state index contributed by atoms with van der Waals surface area (Å²) in [5.74, 6) is 0.939. The molecular formula is C18H20ClNO2. The van der Waals surface area contributed by atoms with E-state index in [-0.39, 0.29) is 11.9 Å². The standard InChI is InChI=1S/C18H20ClNO2/c1-11(2)22-15-7-5-12(3)18(10-15)20-13(4)16-8-6-14(21)9-17(16)19/h5-11,21H,1-4H3. The normalized spacial score (nSPS) is 11.8. The highest BCUT2D eigenvalue weighted by Gasteiger charge is 2.07. The largest absolute Gasteiger partial charge is 0.508 e. The first-order valence-corrected chi connectivity index (χ1v) is 7.56. The third-order valence-corrected chi connectivity index (χ3v) is 3.50. The summed E-state index contributed by atoms with van der Waals surface area (Å²) in [4.78, 5) is 4.66. The quantitative estimate of drug-likeness (QED) is 0.779. The minimum absolute atomic E-state index is 0.118. The number of phenolic OH excluding ortho intramolecular Hbond substituents is 1. The van der Waals surface area contributed by atoms with Gasteiger partial charge in [-0.3, -0.25) is 4.99 Å². The van der Waals surface area contributed by atoms with Crippen LogP contribution in [-0.2, 0) is 0 Å². The lowest BCUT2D eigenvalue weighted by Gasteiger charge is -2.12. The van der Waals surface area contributed by atoms with Crippen molar-refractivity contribution in [3.63, 3.8) is 0 Å². The van der Waals surface area contributed by atoms with E-state index in [1.807, 2.05) is 45.9 Å². The molecule has 4 heteroatoms. The van der Waals surface area contributed by atoms with Gasteiger partial charge in [-0.1, -0.05) is 17.7 Å². The number of hydrogen-bond acceptors (Lipinski definition) is 3. The van der Waals surface area contributed by atoms with Crippen LogP contribution in [0.25, 0.3) is 0 Å². The van der Waals surface area contributed by atoms with E-state index in [1.54, 1.807) is 12.1 Å². The molecule has 0 bridgehead atoms. The van der Waals surface area contributed by atoms with Crippen molar-refractivity contribution in [2.45, 2.75) is 33.8 Å². The van der Waals surface area contributed by atoms with E-state index in [1.165, 1.54) is 6.07 Å². The van der Waals surface area contributed by atoms with Crippen molar-refractivity contribution in [1.29, 1.82) is 0 Å². The summed E-state index contributed by atoms with van der Waals surface area (Å²) < 4.78 is 5.71. The molecule has 0 atom stereocenters. The van der Waals surface area contributed by atoms with Crippen molar-refractivity contribution in [1.82, 2.24) is 0 Å². The molecule has 0 unspecified atom stereocenters. The Bertz CT molecular complexity index is 708. The van der Waals surface area contributed by atoms with Crippen LogP contribution in [0.5, 0.6) is 11.5 Å². The molecule has 22 heavy (non-hydrogen) atoms. The molecule has 0 spiro atoms. The Hall–Kier alpha value is -2.00. The smallest absolute Gasteiger partial charge is 0.121 e. The molecule has 0 saturated heterocycles. The molecule has 2 aromatic carbocycles. The highest BCUT2D eigenvalue weighted by atomic mass is 35.5. The zero-order valence-electron chi connectivity index (χ0n) is 13.2. The monoisotopic (exact) mass is 317 g/mol. The van der Waals surface area contributed by atoms with Crippen LogP contribution in [0.1, 0.15) is 31.9 Å². The fraction of sp³-hybridized carbons (Fsp3) is 0.278. The molecule has 1 N–H and O–H groups in total. The first-order chi connectivity index (χ1) is 10.4. The molecule has 0 aromatic heterocycles. The molecule has 0 amide bonds. The Morgan fingerprint density at radius 2 is 1.91 bits per heavy atom. The van der Waals surface area contributed by atoms with E-state index >= 15 is 0 Å². The summed E-state index contributed by atoms with van der Waals surface area (Å²) in [6.07, 6.45) is 0.118. The van der Waals surface area contributed by atoms with Gasteiger partial charge in [0, 0.05) is 17.3 Å². The molecule has 0 aliphatic heterocycles. The molecule has 0 radical (unpaired) electrons. The Morgan fingerprint density at radius 3 is 2.55 bits per heavy atom. The van der Waals surface area contributed by atoms with Crippen molar-refractivity contribution in [2.75, 3.05) is 0 Å². The van der Waals surface area contributed by atoms with Crippen molar-refractivity contribution in [3.8, 4) is 11.5 Å². The summed E-state index contributed by atoms with van der Waals surface area (Å²) in [7, 11) is 0. The van der Waals surface area contributed by atoms with E-state index in [0.717, 1.165) is 28.3 Å². The fourth-order valence-electron chi connectivity index (χ4n) is 2.09. The van der Waals surface area contributed by atoms with E-state index < -0.39 is 0 Å². The van der Waals surface area contributed by atoms with Crippen LogP contribution in [0.2, 0.25) is 5.02 Å². The zero-order chi connectivity index (χ0) is 16.3. The number of nitrogens with zero attached hydrogens (tertiary/aromatic N) is 1. The van der Waals surface area contributed by atoms with E-state index in [0.29, 0.717) is 5.02 Å². The van der Waals surface area contributed by atoms with Crippen LogP contribution in [0, 0.1) is 6.92 Å². The highest BCUT2D eigenvalue weighted by molar-refractivity contribution is 6.34. The van der Waals surface area contributed by atoms with Gasteiger partial charge < -0.3 is 9.84 Å². The summed E-state index contributed by atoms with van der Waals surface area (Å²) in [6, 6.07) is 10.7. The van der Waals surface area contributed by atoms with E-state index in [2.05, 4.69) is 4.99 Å². The molecule has 0 saturated carbocycles. The first-order valence-electron chi connectivity index (χ1n) is 7.18. The van der Waals surface area contributed by atoms with Crippen LogP contribution >= 0.6 is 11.6 Å². The molecule has 116 valence electrons. The lowest BCUT2D eigenvalue weighted by molar-refractivity contribution is 0.242. The Morgan fingerprint density at radius 1 is 1.18 bits per heavy atom. The third kappa shape index (κ3) is 4.01. The predicted molar refractivity (Wildman–Crippen MR) is 91.9 cm³/mol. The van der Waals surface area contributed by atoms with Crippen LogP contribution in [0.15, 0.2) is 41.4 Å². The van der Waals surface area contributed by atoms with Gasteiger partial charge in [-0.25, -0.2) is 0 Å². The third-order valence-electron chi connectivity index (χ3n) is 3.18. The van der Waals surface area contributed by atoms with E-state index in [4.69, 9.17) is 16.3 Å². The topological polar surface area (TPSA) is 41.8 Å². The average Bonchev–Trinajstić information content (AvgIpc) is 2.41. The predicted octanol–water partition coefficient (Wildman–Crippen LogP) is 5.28. The molecular weight excluding hydrogens is 298 g/mol. The van der Waals surface area contributed by atoms with Gasteiger partial charge in [0.05, 0.1) is 16.8 Å². The number of halogens is 1. The second-order valence-corrected chi connectivity index (χ2v) is 5.88. The van der Waals surface area contributed by atoms with Gasteiger partial charge >= 0.3 is 0 Å². The second-order valence-electron chi connectivity index (χ2n) is 5.48. The van der Waals surface area contributed by atoms with Crippen molar-refractivity contribution >= 4 is 23.0 Å². The molecule has 2 rings (SSSR count). The van der Waals surface area contributed by atoms with Crippen LogP contribution in [0.3, 0.4) is 0 Å². The fourth-order valence-corrected chi connectivity index (χ4v) is 2.41. The number of rotatable bonds is 4. The molecule has 0 aliphatic carbocycles. The van der Waals surface area contributed by atoms with Gasteiger partial charge in [-0.05, 0) is 57.5 Å². The first kappa shape index (κ1) is 16.4. The van der Waals surface area contributed by atoms with Gasteiger partial charge in [-0.2, -0.15) is 0 Å². The van der Waals surface area contributed by atoms with Crippen LogP contribution < -0.4 is 4.74 Å². The van der Waals surface area contributed by atoms with Crippen molar-refractivity contribution < 1.29 is 9.84 Å². The maximum atomic E-state index is 9.43. The van der Waals surface area contributed by atoms with E-state index in [9.17, 15) is 5.11 Å². The number of ether oxygens (including phenoxy) is 1. The molecule has 0 aliphatic rings. The van der Waals surface area contributed by atoms with Gasteiger partial charge in [0.2, 0.25) is 0 Å². The number of aliphatic imine (C=N–C) groups is 1. The van der Waals surface area contributed by atoms with Gasteiger partial charge in [0.15, 0.2) is 0 Å². The van der Waals surface area contributed by atoms with Crippen molar-refractivity contribution in [3.05, 3.63) is 52.5 Å². The summed E-state index contributed by atoms with van der Waals surface area (Å²) in [5.41, 5.74) is 3.49. The maximum Gasteiger partial charge on any atom is 0.121 e. The number of benzene rings is 2. The van der Waals surface area contributed by atoms with Crippen molar-refractivity contribution in [2.24, 2.45) is 4.99 Å². The minimum atomic E-state index is 0.118. The maximum absolute atomic E-state index is 9.43. The lowest BCUT2D eigenvalue weighted by Crippen LogP contribution is -2.05. The lowest BCUT2D eigenvalue weighted by atomic mass is 10.1. The molecule has 2 aromatic rings. The highest BCUT2D eigenvalue weighted by Crippen LogP contribution is 2.28. The number of aromatic hydroxyl groups is 1. The zero-order valence-corrected chi connectivity index (χ0v) is 14.0. The Labute approximate surface area is 136 Å². The van der Waals surface area contributed by atoms with Crippen LogP contribution in [0.4, 0.5) is 5.69 Å².